The minimum absolute atomic E-state index is 0. The molecule has 101 heavy (non-hydrogen) atoms. The van der Waals surface area contributed by atoms with Crippen molar-refractivity contribution in [3.05, 3.63) is 185 Å². The molecule has 1 fully saturated rings. The molecule has 1 aliphatic rings. The smallest absolute Gasteiger partial charge is 0.147 e. The van der Waals surface area contributed by atoms with Crippen LogP contribution in [0.3, 0.4) is 0 Å². The van der Waals surface area contributed by atoms with E-state index in [1.807, 2.05) is 12.1 Å². The van der Waals surface area contributed by atoms with Gasteiger partial charge in [-0.3, -0.25) is 0 Å². The van der Waals surface area contributed by atoms with Crippen LogP contribution in [0, 0.1) is 29.0 Å². The number of aliphatic hydroxyl groups is 2. The number of benzene rings is 8. The van der Waals surface area contributed by atoms with Gasteiger partial charge >= 0.3 is 0 Å². The van der Waals surface area contributed by atoms with E-state index in [4.69, 9.17) is 9.47 Å². The number of phenolic OH excluding ortho intramolecular Hbond substituents is 2. The van der Waals surface area contributed by atoms with Gasteiger partial charge < -0.3 is 40.1 Å². The van der Waals surface area contributed by atoms with Crippen LogP contribution in [0.25, 0.3) is 77.2 Å². The maximum absolute atomic E-state index is 16.1. The van der Waals surface area contributed by atoms with E-state index < -0.39 is 30.5 Å². The van der Waals surface area contributed by atoms with Crippen molar-refractivity contribution in [2.75, 3.05) is 26.4 Å². The molecule has 0 atom stereocenters. The van der Waals surface area contributed by atoms with Crippen molar-refractivity contribution < 1.29 is 59.0 Å². The molecule has 10 aromatic rings. The first-order valence-corrected chi connectivity index (χ1v) is 40.0. The largest absolute Gasteiger partial charge is 0.505 e. The van der Waals surface area contributed by atoms with Crippen molar-refractivity contribution in [2.24, 2.45) is 10.8 Å². The molecule has 0 unspecified atom stereocenters. The number of hydrogen-bond donors (Lipinski definition) is 2. The van der Waals surface area contributed by atoms with Crippen molar-refractivity contribution in [3.63, 3.8) is 0 Å². The van der Waals surface area contributed by atoms with E-state index in [9.17, 15) is 10.2 Å². The predicted octanol–water partition coefficient (Wildman–Crippen LogP) is 25.0. The molecule has 1 saturated heterocycles. The maximum atomic E-state index is 16.1. The van der Waals surface area contributed by atoms with Gasteiger partial charge in [0.1, 0.15) is 61.1 Å². The average molecular weight is 1420 g/mol. The third kappa shape index (κ3) is 18.9. The van der Waals surface area contributed by atoms with Crippen molar-refractivity contribution in [3.8, 4) is 56.6 Å². The average Bonchev–Trinajstić information content (AvgIpc) is 1.61. The zero-order chi connectivity index (χ0) is 74.0. The first-order valence-electron chi connectivity index (χ1n) is 36.3. The fourth-order valence-electron chi connectivity index (χ4n) is 14.6. The maximum Gasteiger partial charge on any atom is 0.147 e. The van der Waals surface area contributed by atoms with Gasteiger partial charge in [-0.1, -0.05) is 220 Å². The molecule has 2 aromatic heterocycles. The fraction of sp³-hybridized carbons (Fsp3) is 0.456. The standard InChI is InChI=1S/C82H98F2N2O4.C4H8O.C4H11Si.Sc/c1-75(2,3)47-81(19,20)53-37-63(73(87)69(43-53)85-65-39-49(77(7,8)9)23-29-57(65)58-30-24-50(40-66(58)85)78(10,11)12)61-45-55(83)27-33-71(61)89-35-36-90-72-34-28-56(84)46-62(72)64-38-54(82(21,22)48-76(4,5)6)44-70(74(64)88)86-67-41-51(79(13,14)15)25-31-59(67)60-32-26-52(42-68(60)86)80(16,17)18;1-2-4-5-3-1;1-5(2,3)4;/h23-34,37-46,87-88H,35-36,47-48H2,1-22H3;1-4H2;1H2,2-4H3;/q;;-1;/p+1. The number of nitrogens with zero attached hydrogens (tertiary/aromatic N) is 2. The Morgan fingerprint density at radius 2 is 0.673 bits per heavy atom. The van der Waals surface area contributed by atoms with E-state index in [1.54, 1.807) is 12.1 Å². The van der Waals surface area contributed by atoms with Gasteiger partial charge in [0.05, 0.1) is 33.4 Å². The molecule has 3 N–H and O–H groups in total. The Bertz CT molecular complexity index is 4190. The number of fused-ring (bicyclic) bond motifs is 6. The molecule has 0 amide bonds. The molecule has 0 saturated carbocycles. The Morgan fingerprint density at radius 1 is 0.396 bits per heavy atom. The summed E-state index contributed by atoms with van der Waals surface area (Å²) in [6.45, 7) is 61.8. The summed E-state index contributed by atoms with van der Waals surface area (Å²) in [6, 6.07) is 43.8. The zero-order valence-corrected chi connectivity index (χ0v) is 68.8. The first-order chi connectivity index (χ1) is 46.0. The number of rotatable bonds is 13. The van der Waals surface area contributed by atoms with E-state index in [1.165, 1.54) is 37.1 Å². The van der Waals surface area contributed by atoms with Gasteiger partial charge in [0.2, 0.25) is 0 Å². The number of phenols is 2. The molecule has 0 aliphatic carbocycles. The SMILES string of the molecule is C1CC[OH+]C1.CC(C)(C)CC(C)(C)c1cc(-c2cc(F)ccc2OCCOc2ccc(F)cc2-c2cc(C(C)(C)CC(C)(C)C)cc(-n3c4cc(C(C)(C)C)ccc4c4ccc(C(C)(C)C)cc43)c2O)c(O)c(-n2c3cc(C(C)(C)C)ccc3c3ccc(C(C)(C)C)cc32)c1.[CH2-][Si](C)(C)C.[Sc]. The van der Waals surface area contributed by atoms with E-state index in [-0.39, 0.29) is 83.0 Å². The number of halogens is 2. The molecule has 11 rings (SSSR count). The Kier molecular flexibility index (Phi) is 23.4. The zero-order valence-electron chi connectivity index (χ0n) is 66.0. The number of hydrogen-bond acceptors (Lipinski definition) is 4. The molecule has 539 valence electrons. The summed E-state index contributed by atoms with van der Waals surface area (Å²) in [7, 11) is -0.861. The molecular formula is C90H118F2N2O5ScSi. The Hall–Kier alpha value is -6.53. The predicted molar refractivity (Wildman–Crippen MR) is 426 cm³/mol. The van der Waals surface area contributed by atoms with Crippen molar-refractivity contribution in [2.45, 2.75) is 230 Å². The van der Waals surface area contributed by atoms with Crippen molar-refractivity contribution >= 4 is 51.7 Å². The number of aromatic nitrogens is 2. The topological polar surface area (TPSA) is 81.6 Å². The van der Waals surface area contributed by atoms with Gasteiger partial charge in [-0.25, -0.2) is 8.78 Å². The van der Waals surface area contributed by atoms with Gasteiger partial charge in [0, 0.05) is 82.5 Å². The molecule has 1 aliphatic heterocycles. The Labute approximate surface area is 624 Å². The van der Waals surface area contributed by atoms with Gasteiger partial charge in [-0.05, 0) is 174 Å². The van der Waals surface area contributed by atoms with Crippen LogP contribution in [0.15, 0.2) is 133 Å². The van der Waals surface area contributed by atoms with E-state index in [2.05, 4.69) is 277 Å². The molecule has 8 aromatic carbocycles. The monoisotopic (exact) mass is 1420 g/mol. The van der Waals surface area contributed by atoms with Crippen LogP contribution in [-0.4, -0.2) is 58.6 Å². The molecular weight excluding hydrogens is 1300 g/mol. The van der Waals surface area contributed by atoms with Crippen LogP contribution in [0.1, 0.15) is 211 Å². The Morgan fingerprint density at radius 3 is 0.911 bits per heavy atom. The van der Waals surface area contributed by atoms with Crippen LogP contribution in [0.4, 0.5) is 8.78 Å². The third-order valence-corrected chi connectivity index (χ3v) is 19.1. The quantitative estimate of drug-likeness (QED) is 0.0522. The molecule has 7 nitrogen and oxygen atoms in total. The molecule has 0 spiro atoms. The van der Waals surface area contributed by atoms with Gasteiger partial charge in [0.25, 0.3) is 0 Å². The van der Waals surface area contributed by atoms with Crippen LogP contribution in [-0.2, 0) is 58.3 Å². The molecule has 11 heteroatoms. The minimum Gasteiger partial charge on any atom is -0.505 e. The van der Waals surface area contributed by atoms with Gasteiger partial charge in [-0.15, -0.1) is 8.07 Å². The summed E-state index contributed by atoms with van der Waals surface area (Å²) in [4.78, 5) is 0. The summed E-state index contributed by atoms with van der Waals surface area (Å²) in [5.74, 6) is -0.278. The van der Waals surface area contributed by atoms with Crippen LogP contribution >= 0.6 is 0 Å². The van der Waals surface area contributed by atoms with Crippen LogP contribution < -0.4 is 9.47 Å². The summed E-state index contributed by atoms with van der Waals surface area (Å²) >= 11 is 0. The summed E-state index contributed by atoms with van der Waals surface area (Å²) < 4.78 is 54.0. The molecule has 1 radical (unpaired) electrons. The van der Waals surface area contributed by atoms with Crippen LogP contribution in [0.2, 0.25) is 19.6 Å². The number of aromatic hydroxyl groups is 2. The summed E-state index contributed by atoms with van der Waals surface area (Å²) in [5.41, 5.74) is 11.7. The van der Waals surface area contributed by atoms with E-state index in [0.29, 0.717) is 45.1 Å². The van der Waals surface area contributed by atoms with Crippen LogP contribution in [0.5, 0.6) is 23.0 Å². The normalized spacial score (nSPS) is 13.7. The number of ether oxygens (including phenoxy) is 3. The third-order valence-electron chi connectivity index (χ3n) is 19.1. The second-order valence-electron chi connectivity index (χ2n) is 37.5. The fourth-order valence-corrected chi connectivity index (χ4v) is 14.6. The second kappa shape index (κ2) is 29.5. The summed E-state index contributed by atoms with van der Waals surface area (Å²) in [5, 5.41) is 30.6. The molecule has 0 bridgehead atoms. The van der Waals surface area contributed by atoms with Gasteiger partial charge in [-0.2, -0.15) is 0 Å². The molecule has 3 heterocycles. The van der Waals surface area contributed by atoms with Crippen molar-refractivity contribution in [1.82, 2.24) is 9.13 Å². The second-order valence-corrected chi connectivity index (χ2v) is 42.7. The Balaban J connectivity index is 0.00000109. The first kappa shape index (κ1) is 80.2. The van der Waals surface area contributed by atoms with E-state index >= 15 is 8.78 Å². The van der Waals surface area contributed by atoms with E-state index in [0.717, 1.165) is 103 Å². The van der Waals surface area contributed by atoms with Gasteiger partial charge in [0.15, 0.2) is 0 Å². The minimum atomic E-state index is -0.861. The van der Waals surface area contributed by atoms with Crippen molar-refractivity contribution in [1.29, 1.82) is 0 Å². The summed E-state index contributed by atoms with van der Waals surface area (Å²) in [6.07, 6.45) is 4.31.